The standard InChI is InChI=1S/C22H17N3O3/c1-14-9-11-16(12-10-14)25-21(27)18(20(26)24-22(25)28)13-23-19-8-4-6-15-5-2-3-7-17(15)19/h2-13,18H,1H3,(H,24,26,28)/t18-/m0/s1. The number of fused-ring (bicyclic) bond motifs is 1. The van der Waals surface area contributed by atoms with Gasteiger partial charge in [-0.25, -0.2) is 9.69 Å². The monoisotopic (exact) mass is 371 g/mol. The zero-order valence-corrected chi connectivity index (χ0v) is 15.1. The topological polar surface area (TPSA) is 78.8 Å². The summed E-state index contributed by atoms with van der Waals surface area (Å²) in [5.74, 6) is -2.48. The van der Waals surface area contributed by atoms with Crippen molar-refractivity contribution in [2.45, 2.75) is 6.92 Å². The first-order chi connectivity index (χ1) is 13.5. The quantitative estimate of drug-likeness (QED) is 0.562. The molecule has 0 saturated carbocycles. The largest absolute Gasteiger partial charge is 0.335 e. The molecule has 1 fully saturated rings. The minimum absolute atomic E-state index is 0.407. The highest BCUT2D eigenvalue weighted by Crippen LogP contribution is 2.26. The van der Waals surface area contributed by atoms with Crippen molar-refractivity contribution >= 4 is 46.2 Å². The van der Waals surface area contributed by atoms with Crippen molar-refractivity contribution in [1.82, 2.24) is 5.32 Å². The molecule has 3 aromatic rings. The van der Waals surface area contributed by atoms with Gasteiger partial charge in [-0.1, -0.05) is 54.1 Å². The minimum Gasteiger partial charge on any atom is -0.276 e. The lowest BCUT2D eigenvalue weighted by molar-refractivity contribution is -0.131. The Bertz CT molecular complexity index is 1110. The summed E-state index contributed by atoms with van der Waals surface area (Å²) in [5.41, 5.74) is 2.06. The second kappa shape index (κ2) is 7.08. The number of rotatable bonds is 3. The van der Waals surface area contributed by atoms with Gasteiger partial charge in [0.05, 0.1) is 11.4 Å². The van der Waals surface area contributed by atoms with Crippen LogP contribution in [0.1, 0.15) is 5.56 Å². The number of aliphatic imine (C=N–C) groups is 1. The van der Waals surface area contributed by atoms with Crippen LogP contribution in [0.4, 0.5) is 16.2 Å². The van der Waals surface area contributed by atoms with Gasteiger partial charge < -0.3 is 0 Å². The van der Waals surface area contributed by atoms with Crippen LogP contribution in [0.25, 0.3) is 10.8 Å². The molecule has 0 aromatic heterocycles. The Morgan fingerprint density at radius 2 is 1.64 bits per heavy atom. The van der Waals surface area contributed by atoms with Gasteiger partial charge in [-0.3, -0.25) is 19.9 Å². The third-order valence-electron chi connectivity index (χ3n) is 4.62. The van der Waals surface area contributed by atoms with Crippen molar-refractivity contribution in [2.75, 3.05) is 4.90 Å². The predicted octanol–water partition coefficient (Wildman–Crippen LogP) is 3.75. The minimum atomic E-state index is -1.18. The maximum atomic E-state index is 12.9. The van der Waals surface area contributed by atoms with E-state index in [0.717, 1.165) is 21.2 Å². The summed E-state index contributed by atoms with van der Waals surface area (Å²) in [6.45, 7) is 1.91. The first-order valence-corrected chi connectivity index (χ1v) is 8.82. The molecule has 28 heavy (non-hydrogen) atoms. The molecule has 1 heterocycles. The van der Waals surface area contributed by atoms with Crippen LogP contribution in [0.2, 0.25) is 0 Å². The first kappa shape index (κ1) is 17.6. The third-order valence-corrected chi connectivity index (χ3v) is 4.62. The molecule has 6 heteroatoms. The van der Waals surface area contributed by atoms with E-state index in [9.17, 15) is 14.4 Å². The third kappa shape index (κ3) is 3.16. The van der Waals surface area contributed by atoms with Crippen LogP contribution in [0.15, 0.2) is 71.7 Å². The number of urea groups is 1. The average molecular weight is 371 g/mol. The molecular weight excluding hydrogens is 354 g/mol. The Morgan fingerprint density at radius 3 is 2.43 bits per heavy atom. The van der Waals surface area contributed by atoms with E-state index in [-0.39, 0.29) is 0 Å². The SMILES string of the molecule is Cc1ccc(N2C(=O)NC(=O)[C@H](C=Nc3cccc4ccccc34)C2=O)cc1. The highest BCUT2D eigenvalue weighted by molar-refractivity contribution is 6.32. The summed E-state index contributed by atoms with van der Waals surface area (Å²) in [6, 6.07) is 19.5. The van der Waals surface area contributed by atoms with Crippen LogP contribution in [0.5, 0.6) is 0 Å². The van der Waals surface area contributed by atoms with Gasteiger partial charge in [-0.15, -0.1) is 0 Å². The maximum absolute atomic E-state index is 12.9. The van der Waals surface area contributed by atoms with Gasteiger partial charge in [0, 0.05) is 11.6 Å². The molecule has 0 bridgehead atoms. The predicted molar refractivity (Wildman–Crippen MR) is 108 cm³/mol. The van der Waals surface area contributed by atoms with Crippen molar-refractivity contribution in [3.05, 3.63) is 72.3 Å². The lowest BCUT2D eigenvalue weighted by atomic mass is 10.0. The number of nitrogens with one attached hydrogen (secondary N) is 1. The molecule has 0 unspecified atom stereocenters. The van der Waals surface area contributed by atoms with E-state index in [0.29, 0.717) is 11.4 Å². The van der Waals surface area contributed by atoms with Crippen molar-refractivity contribution in [2.24, 2.45) is 10.9 Å². The maximum Gasteiger partial charge on any atom is 0.335 e. The number of imide groups is 2. The number of carbonyl (C=O) groups is 3. The lowest BCUT2D eigenvalue weighted by Gasteiger charge is -2.28. The molecule has 4 rings (SSSR count). The molecule has 6 nitrogen and oxygen atoms in total. The van der Waals surface area contributed by atoms with Crippen molar-refractivity contribution in [1.29, 1.82) is 0 Å². The second-order valence-corrected chi connectivity index (χ2v) is 6.56. The highest BCUT2D eigenvalue weighted by Gasteiger charge is 2.40. The molecule has 1 aliphatic rings. The molecule has 1 saturated heterocycles. The van der Waals surface area contributed by atoms with E-state index in [2.05, 4.69) is 10.3 Å². The van der Waals surface area contributed by atoms with E-state index >= 15 is 0 Å². The lowest BCUT2D eigenvalue weighted by Crippen LogP contribution is -2.58. The Hall–Kier alpha value is -3.80. The smallest absolute Gasteiger partial charge is 0.276 e. The van der Waals surface area contributed by atoms with Crippen LogP contribution >= 0.6 is 0 Å². The number of hydrogen-bond acceptors (Lipinski definition) is 4. The highest BCUT2D eigenvalue weighted by atomic mass is 16.2. The summed E-state index contributed by atoms with van der Waals surface area (Å²) in [4.78, 5) is 42.7. The molecule has 0 radical (unpaired) electrons. The summed E-state index contributed by atoms with van der Waals surface area (Å²) < 4.78 is 0. The Kier molecular flexibility index (Phi) is 4.45. The van der Waals surface area contributed by atoms with Gasteiger partial charge in [-0.05, 0) is 30.5 Å². The summed E-state index contributed by atoms with van der Waals surface area (Å²) in [5, 5.41) is 4.15. The van der Waals surface area contributed by atoms with E-state index in [1.54, 1.807) is 24.3 Å². The van der Waals surface area contributed by atoms with Crippen LogP contribution in [-0.2, 0) is 9.59 Å². The molecule has 3 aromatic carbocycles. The van der Waals surface area contributed by atoms with Crippen LogP contribution in [0.3, 0.4) is 0 Å². The van der Waals surface area contributed by atoms with Gasteiger partial charge in [-0.2, -0.15) is 0 Å². The van der Waals surface area contributed by atoms with Gasteiger partial charge >= 0.3 is 6.03 Å². The molecule has 138 valence electrons. The number of barbiturate groups is 1. The Balaban J connectivity index is 1.67. The van der Waals surface area contributed by atoms with Gasteiger partial charge in [0.25, 0.3) is 5.91 Å². The zero-order chi connectivity index (χ0) is 19.7. The number of carbonyl (C=O) groups excluding carboxylic acids is 3. The first-order valence-electron chi connectivity index (χ1n) is 8.82. The number of anilines is 1. The molecule has 1 aliphatic heterocycles. The van der Waals surface area contributed by atoms with Crippen molar-refractivity contribution < 1.29 is 14.4 Å². The molecule has 0 spiro atoms. The second-order valence-electron chi connectivity index (χ2n) is 6.56. The number of benzene rings is 3. The number of aryl methyl sites for hydroxylation is 1. The van der Waals surface area contributed by atoms with Crippen molar-refractivity contribution in [3.8, 4) is 0 Å². The molecule has 1 atom stereocenters. The van der Waals surface area contributed by atoms with Crippen molar-refractivity contribution in [3.63, 3.8) is 0 Å². The van der Waals surface area contributed by atoms with Crippen LogP contribution in [0, 0.1) is 12.8 Å². The average Bonchev–Trinajstić information content (AvgIpc) is 2.69. The van der Waals surface area contributed by atoms with E-state index in [1.165, 1.54) is 6.21 Å². The fourth-order valence-corrected chi connectivity index (χ4v) is 3.14. The number of amides is 4. The molecular formula is C22H17N3O3. The van der Waals surface area contributed by atoms with E-state index in [4.69, 9.17) is 0 Å². The van der Waals surface area contributed by atoms with Gasteiger partial charge in [0.2, 0.25) is 5.91 Å². The summed E-state index contributed by atoms with van der Waals surface area (Å²) >= 11 is 0. The van der Waals surface area contributed by atoms with Gasteiger partial charge in [0.1, 0.15) is 0 Å². The van der Waals surface area contributed by atoms with Crippen LogP contribution < -0.4 is 10.2 Å². The van der Waals surface area contributed by atoms with E-state index in [1.807, 2.05) is 49.4 Å². The Labute approximate surface area is 161 Å². The fraction of sp³-hybridized carbons (Fsp3) is 0.0909. The molecule has 1 N–H and O–H groups in total. The number of nitrogens with zero attached hydrogens (tertiary/aromatic N) is 2. The number of hydrogen-bond donors (Lipinski definition) is 1. The Morgan fingerprint density at radius 1 is 0.929 bits per heavy atom. The molecule has 4 amide bonds. The summed E-state index contributed by atoms with van der Waals surface area (Å²) in [7, 11) is 0. The van der Waals surface area contributed by atoms with Crippen LogP contribution in [-0.4, -0.2) is 24.1 Å². The normalized spacial score (nSPS) is 17.4. The fourth-order valence-electron chi connectivity index (χ4n) is 3.14. The summed E-state index contributed by atoms with van der Waals surface area (Å²) in [6.07, 6.45) is 1.30. The van der Waals surface area contributed by atoms with E-state index < -0.39 is 23.8 Å². The zero-order valence-electron chi connectivity index (χ0n) is 15.1. The molecule has 0 aliphatic carbocycles. The van der Waals surface area contributed by atoms with Gasteiger partial charge in [0.15, 0.2) is 5.92 Å².